The highest BCUT2D eigenvalue weighted by molar-refractivity contribution is 6.72. The van der Waals surface area contributed by atoms with Crippen LogP contribution in [0.25, 0.3) is 0 Å². The summed E-state index contributed by atoms with van der Waals surface area (Å²) >= 11 is 0. The SMILES string of the molecule is CC(C)[Si](C)(C)O[C@H]1O[C@H](CO)[C@@H](O)[C@H](O)[C@H]1O. The van der Waals surface area contributed by atoms with Gasteiger partial charge in [0.2, 0.25) is 0 Å². The molecule has 0 aromatic heterocycles. The van der Waals surface area contributed by atoms with Crippen LogP contribution >= 0.6 is 0 Å². The van der Waals surface area contributed by atoms with Gasteiger partial charge >= 0.3 is 0 Å². The molecule has 0 aromatic rings. The normalized spacial score (nSPS) is 38.2. The van der Waals surface area contributed by atoms with Gasteiger partial charge in [-0.15, -0.1) is 0 Å². The van der Waals surface area contributed by atoms with E-state index in [-0.39, 0.29) is 0 Å². The van der Waals surface area contributed by atoms with E-state index in [4.69, 9.17) is 14.3 Å². The van der Waals surface area contributed by atoms with Crippen LogP contribution in [0, 0.1) is 0 Å². The second-order valence-electron chi connectivity index (χ2n) is 5.57. The van der Waals surface area contributed by atoms with Crippen LogP contribution in [0.3, 0.4) is 0 Å². The molecule has 0 radical (unpaired) electrons. The number of aliphatic hydroxyl groups is 4. The van der Waals surface area contributed by atoms with E-state index in [0.717, 1.165) is 0 Å². The van der Waals surface area contributed by atoms with Crippen molar-refractivity contribution in [1.29, 1.82) is 0 Å². The molecule has 0 saturated carbocycles. The number of aliphatic hydroxyl groups excluding tert-OH is 4. The molecule has 0 bridgehead atoms. The van der Waals surface area contributed by atoms with Gasteiger partial charge < -0.3 is 29.6 Å². The van der Waals surface area contributed by atoms with E-state index in [9.17, 15) is 15.3 Å². The summed E-state index contributed by atoms with van der Waals surface area (Å²) in [6.07, 6.45) is -5.95. The zero-order chi connectivity index (χ0) is 14.1. The van der Waals surface area contributed by atoms with Gasteiger partial charge in [-0.1, -0.05) is 13.8 Å². The van der Waals surface area contributed by atoms with Crippen molar-refractivity contribution in [3.05, 3.63) is 0 Å². The maximum absolute atomic E-state index is 9.85. The summed E-state index contributed by atoms with van der Waals surface area (Å²) in [6.45, 7) is 7.58. The summed E-state index contributed by atoms with van der Waals surface area (Å²) < 4.78 is 11.1. The topological polar surface area (TPSA) is 99.4 Å². The summed E-state index contributed by atoms with van der Waals surface area (Å²) in [7, 11) is -2.06. The number of ether oxygens (including phenoxy) is 1. The lowest BCUT2D eigenvalue weighted by Crippen LogP contribution is -2.61. The Labute approximate surface area is 108 Å². The van der Waals surface area contributed by atoms with Crippen LogP contribution in [0.15, 0.2) is 0 Å². The fourth-order valence-corrected chi connectivity index (χ4v) is 2.67. The molecule has 108 valence electrons. The van der Waals surface area contributed by atoms with Gasteiger partial charge in [0.15, 0.2) is 14.6 Å². The first-order chi connectivity index (χ1) is 8.20. The summed E-state index contributed by atoms with van der Waals surface area (Å²) in [5.74, 6) is 0. The van der Waals surface area contributed by atoms with Crippen molar-refractivity contribution in [2.45, 2.75) is 63.2 Å². The molecule has 0 amide bonds. The molecule has 0 spiro atoms. The van der Waals surface area contributed by atoms with Crippen LogP contribution < -0.4 is 0 Å². The number of rotatable bonds is 4. The van der Waals surface area contributed by atoms with Crippen LogP contribution in [-0.2, 0) is 9.16 Å². The lowest BCUT2D eigenvalue weighted by atomic mass is 10.00. The van der Waals surface area contributed by atoms with Gasteiger partial charge in [0.1, 0.15) is 24.4 Å². The highest BCUT2D eigenvalue weighted by Gasteiger charge is 2.46. The predicted molar refractivity (Wildman–Crippen MR) is 67.4 cm³/mol. The van der Waals surface area contributed by atoms with Crippen LogP contribution in [0.2, 0.25) is 18.6 Å². The minimum Gasteiger partial charge on any atom is -0.394 e. The second kappa shape index (κ2) is 5.95. The fraction of sp³-hybridized carbons (Fsp3) is 1.00. The molecule has 1 rings (SSSR count). The van der Waals surface area contributed by atoms with Crippen molar-refractivity contribution in [3.8, 4) is 0 Å². The molecule has 4 N–H and O–H groups in total. The zero-order valence-electron chi connectivity index (χ0n) is 11.3. The molecule has 0 unspecified atom stereocenters. The van der Waals surface area contributed by atoms with Gasteiger partial charge in [0.25, 0.3) is 0 Å². The summed E-state index contributed by atoms with van der Waals surface area (Å²) in [5, 5.41) is 38.2. The highest BCUT2D eigenvalue weighted by atomic mass is 28.4. The lowest BCUT2D eigenvalue weighted by Gasteiger charge is -2.43. The predicted octanol–water partition coefficient (Wildman–Crippen LogP) is -0.582. The van der Waals surface area contributed by atoms with Crippen molar-refractivity contribution < 1.29 is 29.6 Å². The minimum absolute atomic E-state index is 0.310. The van der Waals surface area contributed by atoms with E-state index < -0.39 is 45.6 Å². The van der Waals surface area contributed by atoms with E-state index in [1.165, 1.54) is 0 Å². The Kier molecular flexibility index (Phi) is 5.30. The van der Waals surface area contributed by atoms with E-state index >= 15 is 0 Å². The van der Waals surface area contributed by atoms with Crippen LogP contribution in [0.4, 0.5) is 0 Å². The zero-order valence-corrected chi connectivity index (χ0v) is 12.3. The maximum Gasteiger partial charge on any atom is 0.192 e. The Morgan fingerprint density at radius 1 is 1.11 bits per heavy atom. The van der Waals surface area contributed by atoms with Crippen molar-refractivity contribution in [3.63, 3.8) is 0 Å². The summed E-state index contributed by atoms with van der Waals surface area (Å²) in [5.41, 5.74) is 0.310. The third kappa shape index (κ3) is 3.30. The second-order valence-corrected chi connectivity index (χ2v) is 10.2. The maximum atomic E-state index is 9.85. The van der Waals surface area contributed by atoms with E-state index in [1.807, 2.05) is 26.9 Å². The molecule has 5 atom stereocenters. The molecular weight excluding hydrogens is 256 g/mol. The molecule has 0 aliphatic carbocycles. The van der Waals surface area contributed by atoms with Gasteiger partial charge in [-0.2, -0.15) is 0 Å². The molecular formula is C11H24O6Si. The van der Waals surface area contributed by atoms with Crippen LogP contribution in [-0.4, -0.2) is 66.1 Å². The molecule has 1 aliphatic rings. The molecule has 7 heteroatoms. The van der Waals surface area contributed by atoms with Crippen molar-refractivity contribution in [1.82, 2.24) is 0 Å². The summed E-state index contributed by atoms with van der Waals surface area (Å²) in [4.78, 5) is 0. The summed E-state index contributed by atoms with van der Waals surface area (Å²) in [6, 6.07) is 0. The molecule has 1 aliphatic heterocycles. The van der Waals surface area contributed by atoms with Crippen LogP contribution in [0.1, 0.15) is 13.8 Å². The Balaban J connectivity index is 2.76. The van der Waals surface area contributed by atoms with E-state index in [0.29, 0.717) is 5.54 Å². The Hall–Kier alpha value is -0.0231. The van der Waals surface area contributed by atoms with Gasteiger partial charge in [0, 0.05) is 0 Å². The van der Waals surface area contributed by atoms with Crippen LogP contribution in [0.5, 0.6) is 0 Å². The van der Waals surface area contributed by atoms with Crippen molar-refractivity contribution >= 4 is 8.32 Å². The first kappa shape index (κ1) is 16.0. The third-order valence-electron chi connectivity index (χ3n) is 3.66. The average Bonchev–Trinajstić information content (AvgIpc) is 2.29. The third-order valence-corrected chi connectivity index (χ3v) is 7.28. The standard InChI is InChI=1S/C11H24O6Si/c1-6(2)18(3,4)17-11-10(15)9(14)8(13)7(5-12)16-11/h6-15H,5H2,1-4H3/t7-,8-,9+,10-,11-/m1/s1. The molecule has 0 aromatic carbocycles. The fourth-order valence-electron chi connectivity index (χ4n) is 1.60. The highest BCUT2D eigenvalue weighted by Crippen LogP contribution is 2.29. The average molecular weight is 280 g/mol. The quantitative estimate of drug-likeness (QED) is 0.514. The minimum atomic E-state index is -2.06. The van der Waals surface area contributed by atoms with Crippen molar-refractivity contribution in [2.24, 2.45) is 0 Å². The monoisotopic (exact) mass is 280 g/mol. The van der Waals surface area contributed by atoms with E-state index in [1.54, 1.807) is 0 Å². The van der Waals surface area contributed by atoms with Crippen molar-refractivity contribution in [2.75, 3.05) is 6.61 Å². The lowest BCUT2D eigenvalue weighted by molar-refractivity contribution is -0.280. The smallest absolute Gasteiger partial charge is 0.192 e. The molecule has 1 heterocycles. The van der Waals surface area contributed by atoms with Gasteiger partial charge in [-0.3, -0.25) is 0 Å². The molecule has 1 fully saturated rings. The Morgan fingerprint density at radius 2 is 1.67 bits per heavy atom. The first-order valence-corrected chi connectivity index (χ1v) is 9.17. The largest absolute Gasteiger partial charge is 0.394 e. The first-order valence-electron chi connectivity index (χ1n) is 6.19. The molecule has 6 nitrogen and oxygen atoms in total. The Morgan fingerprint density at radius 3 is 2.11 bits per heavy atom. The van der Waals surface area contributed by atoms with Gasteiger partial charge in [-0.25, -0.2) is 0 Å². The van der Waals surface area contributed by atoms with E-state index in [2.05, 4.69) is 0 Å². The number of hydrogen-bond acceptors (Lipinski definition) is 6. The van der Waals surface area contributed by atoms with Gasteiger partial charge in [-0.05, 0) is 18.6 Å². The van der Waals surface area contributed by atoms with Gasteiger partial charge in [0.05, 0.1) is 6.61 Å². The molecule has 18 heavy (non-hydrogen) atoms. The Bertz CT molecular complexity index is 270. The molecule has 1 saturated heterocycles. The number of hydrogen-bond donors (Lipinski definition) is 4.